The van der Waals surface area contributed by atoms with Gasteiger partial charge in [-0.15, -0.1) is 17.0 Å². The van der Waals surface area contributed by atoms with Gasteiger partial charge in [0.15, 0.2) is 22.4 Å². The quantitative estimate of drug-likeness (QED) is 0.624. The summed E-state index contributed by atoms with van der Waals surface area (Å²) in [7, 11) is 0.809. The molecule has 1 unspecified atom stereocenters. The first-order chi connectivity index (χ1) is 14.1. The molecule has 31 heavy (non-hydrogen) atoms. The van der Waals surface area contributed by atoms with Gasteiger partial charge in [0.2, 0.25) is 16.8 Å². The fourth-order valence-electron chi connectivity index (χ4n) is 3.11. The van der Waals surface area contributed by atoms with E-state index in [-0.39, 0.29) is 39.4 Å². The molecule has 1 atom stereocenters. The number of halogens is 2. The molecule has 2 aromatic carbocycles. The summed E-state index contributed by atoms with van der Waals surface area (Å²) in [6, 6.07) is 9.87. The van der Waals surface area contributed by atoms with E-state index >= 15 is 0 Å². The monoisotopic (exact) mass is 549 g/mol. The lowest BCUT2D eigenvalue weighted by Gasteiger charge is -2.31. The van der Waals surface area contributed by atoms with Gasteiger partial charge in [0.05, 0.1) is 16.5 Å². The first-order valence-corrected chi connectivity index (χ1v) is 11.7. The maximum Gasteiger partial charge on any atom is 0.244 e. The van der Waals surface area contributed by atoms with Gasteiger partial charge in [-0.05, 0) is 24.3 Å². The van der Waals surface area contributed by atoms with Crippen molar-refractivity contribution in [2.75, 3.05) is 33.7 Å². The highest BCUT2D eigenvalue weighted by Crippen LogP contribution is 2.41. The van der Waals surface area contributed by atoms with Gasteiger partial charge in [0.25, 0.3) is 0 Å². The van der Waals surface area contributed by atoms with Crippen LogP contribution >= 0.6 is 40.3 Å². The molecule has 0 aliphatic carbocycles. The summed E-state index contributed by atoms with van der Waals surface area (Å²) in [5, 5.41) is 12.1. The van der Waals surface area contributed by atoms with Crippen LogP contribution in [0.5, 0.6) is 11.5 Å². The minimum absolute atomic E-state index is 0. The van der Waals surface area contributed by atoms with Gasteiger partial charge in [-0.1, -0.05) is 29.4 Å². The Morgan fingerprint density at radius 2 is 1.90 bits per heavy atom. The van der Waals surface area contributed by atoms with E-state index < -0.39 is 15.7 Å². The number of amidine groups is 1. The Balaban J connectivity index is 0.00000272. The number of hydrogen-bond donors (Lipinski definition) is 1. The number of fused-ring (bicyclic) bond motifs is 1. The Hall–Kier alpha value is -1.50. The smallest absolute Gasteiger partial charge is 0.244 e. The second-order valence-corrected chi connectivity index (χ2v) is 10.5. The fraction of sp³-hybridized carbons (Fsp3) is 0.316. The van der Waals surface area contributed by atoms with Gasteiger partial charge in [-0.2, -0.15) is 0 Å². The zero-order chi connectivity index (χ0) is 21.7. The molecule has 168 valence electrons. The molecule has 1 N–H and O–H groups in total. The molecule has 12 heteroatoms. The molecule has 4 rings (SSSR count). The van der Waals surface area contributed by atoms with Crippen molar-refractivity contribution in [3.63, 3.8) is 0 Å². The summed E-state index contributed by atoms with van der Waals surface area (Å²) in [6.07, 6.45) is 0. The second kappa shape index (κ2) is 8.80. The molecule has 2 aliphatic heterocycles. The predicted octanol–water partition coefficient (Wildman–Crippen LogP) is 3.41. The molecule has 0 radical (unpaired) electrons. The van der Waals surface area contributed by atoms with E-state index in [1.165, 1.54) is 38.0 Å². The lowest BCUT2D eigenvalue weighted by atomic mass is 10.0. The number of nitrogens with zero attached hydrogens (tertiary/aromatic N) is 3. The number of benzene rings is 2. The van der Waals surface area contributed by atoms with E-state index in [1.807, 2.05) is 0 Å². The molecule has 0 spiro atoms. The topological polar surface area (TPSA) is 91.7 Å². The number of rotatable bonds is 4. The van der Waals surface area contributed by atoms with E-state index in [9.17, 15) is 13.5 Å². The van der Waals surface area contributed by atoms with E-state index in [1.54, 1.807) is 36.2 Å². The standard InChI is InChI=1S/C19H20ClN3O5S2.BrH/c1-22(2)30(25,26)17-8-12(4-6-14(17)20)19(24)10-29-18(23(19)3)21-13-5-7-15-16(9-13)28-11-27-15;/h4-9,24H,10-11H2,1-3H3;1H/b21-18-;. The van der Waals surface area contributed by atoms with Crippen molar-refractivity contribution < 1.29 is 23.0 Å². The molecule has 1 saturated heterocycles. The maximum atomic E-state index is 12.6. The summed E-state index contributed by atoms with van der Waals surface area (Å²) in [5.41, 5.74) is -0.371. The van der Waals surface area contributed by atoms with Gasteiger partial charge in [0, 0.05) is 32.8 Å². The molecule has 2 aromatic rings. The lowest BCUT2D eigenvalue weighted by Crippen LogP contribution is -2.42. The number of hydrogen-bond acceptors (Lipinski definition) is 7. The minimum atomic E-state index is -3.76. The molecule has 8 nitrogen and oxygen atoms in total. The maximum absolute atomic E-state index is 12.6. The van der Waals surface area contributed by atoms with Crippen molar-refractivity contribution in [1.29, 1.82) is 0 Å². The summed E-state index contributed by atoms with van der Waals surface area (Å²) in [4.78, 5) is 6.18. The Bertz CT molecular complexity index is 1150. The van der Waals surface area contributed by atoms with Crippen molar-refractivity contribution >= 4 is 61.2 Å². The molecule has 2 aliphatic rings. The van der Waals surface area contributed by atoms with Crippen molar-refractivity contribution in [2.24, 2.45) is 4.99 Å². The van der Waals surface area contributed by atoms with Crippen LogP contribution in [-0.4, -0.2) is 61.6 Å². The average molecular weight is 551 g/mol. The van der Waals surface area contributed by atoms with Crippen LogP contribution in [0, 0.1) is 0 Å². The predicted molar refractivity (Wildman–Crippen MR) is 126 cm³/mol. The first-order valence-electron chi connectivity index (χ1n) is 8.93. The average Bonchev–Trinajstić information content (AvgIpc) is 3.28. The molecular formula is C19H21BrClN3O5S2. The van der Waals surface area contributed by atoms with Gasteiger partial charge < -0.3 is 19.5 Å². The largest absolute Gasteiger partial charge is 0.454 e. The molecule has 0 amide bonds. The zero-order valence-corrected chi connectivity index (χ0v) is 21.0. The number of thioether (sulfide) groups is 1. The Labute approximate surface area is 200 Å². The van der Waals surface area contributed by atoms with Crippen LogP contribution in [0.4, 0.5) is 5.69 Å². The third-order valence-electron chi connectivity index (χ3n) is 4.98. The van der Waals surface area contributed by atoms with E-state index in [0.29, 0.717) is 27.9 Å². The minimum Gasteiger partial charge on any atom is -0.454 e. The summed E-state index contributed by atoms with van der Waals surface area (Å²) < 4.78 is 37.0. The fourth-order valence-corrected chi connectivity index (χ4v) is 5.71. The Morgan fingerprint density at radius 1 is 1.19 bits per heavy atom. The molecule has 0 saturated carbocycles. The van der Waals surface area contributed by atoms with Crippen LogP contribution in [0.25, 0.3) is 0 Å². The third kappa shape index (κ3) is 4.27. The summed E-state index contributed by atoms with van der Waals surface area (Å²) >= 11 is 7.51. The van der Waals surface area contributed by atoms with Crippen molar-refractivity contribution in [1.82, 2.24) is 9.21 Å². The van der Waals surface area contributed by atoms with Crippen LogP contribution in [0.3, 0.4) is 0 Å². The lowest BCUT2D eigenvalue weighted by molar-refractivity contribution is -0.0349. The molecule has 1 fully saturated rings. The normalized spacial score (nSPS) is 21.6. The van der Waals surface area contributed by atoms with Crippen LogP contribution < -0.4 is 9.47 Å². The van der Waals surface area contributed by atoms with Gasteiger partial charge in [-0.25, -0.2) is 17.7 Å². The number of sulfonamides is 1. The Morgan fingerprint density at radius 3 is 2.61 bits per heavy atom. The van der Waals surface area contributed by atoms with Crippen molar-refractivity contribution in [2.45, 2.75) is 10.6 Å². The molecule has 2 heterocycles. The van der Waals surface area contributed by atoms with E-state index in [0.717, 1.165) is 4.31 Å². The van der Waals surface area contributed by atoms with Crippen LogP contribution in [0.1, 0.15) is 5.56 Å². The third-order valence-corrected chi connectivity index (χ3v) is 8.44. The summed E-state index contributed by atoms with van der Waals surface area (Å²) in [5.74, 6) is 1.56. The number of ether oxygens (including phenoxy) is 2. The SMILES string of the molecule is Br.CN1/C(=N/c2ccc3c(c2)OCO3)SCC1(O)c1ccc(Cl)c(S(=O)(=O)N(C)C)c1. The second-order valence-electron chi connectivity index (χ2n) is 7.03. The number of aliphatic hydroxyl groups is 1. The number of aliphatic imine (C=N–C) groups is 1. The molecule has 0 bridgehead atoms. The molecular weight excluding hydrogens is 530 g/mol. The van der Waals surface area contributed by atoms with E-state index in [4.69, 9.17) is 21.1 Å². The van der Waals surface area contributed by atoms with Crippen LogP contribution in [0.2, 0.25) is 5.02 Å². The first kappa shape index (κ1) is 24.1. The highest BCUT2D eigenvalue weighted by molar-refractivity contribution is 8.93. The summed E-state index contributed by atoms with van der Waals surface area (Å²) in [6.45, 7) is 0.179. The van der Waals surface area contributed by atoms with Crippen molar-refractivity contribution in [3.8, 4) is 11.5 Å². The van der Waals surface area contributed by atoms with E-state index in [2.05, 4.69) is 4.99 Å². The van der Waals surface area contributed by atoms with Crippen LogP contribution in [0.15, 0.2) is 46.3 Å². The van der Waals surface area contributed by atoms with Gasteiger partial charge in [-0.3, -0.25) is 0 Å². The van der Waals surface area contributed by atoms with Crippen LogP contribution in [-0.2, 0) is 15.7 Å². The Kier molecular flexibility index (Phi) is 6.85. The zero-order valence-electron chi connectivity index (χ0n) is 16.9. The van der Waals surface area contributed by atoms with Crippen molar-refractivity contribution in [3.05, 3.63) is 47.0 Å². The highest BCUT2D eigenvalue weighted by Gasteiger charge is 2.43. The van der Waals surface area contributed by atoms with Gasteiger partial charge >= 0.3 is 0 Å². The molecule has 0 aromatic heterocycles. The highest BCUT2D eigenvalue weighted by atomic mass is 79.9. The van der Waals surface area contributed by atoms with Gasteiger partial charge in [0.1, 0.15) is 4.90 Å².